The summed E-state index contributed by atoms with van der Waals surface area (Å²) in [6, 6.07) is 0.109. The third-order valence-electron chi connectivity index (χ3n) is 2.75. The van der Waals surface area contributed by atoms with Gasteiger partial charge in [-0.3, -0.25) is 0 Å². The Kier molecular flexibility index (Phi) is 4.77. The van der Waals surface area contributed by atoms with Crippen molar-refractivity contribution in [3.8, 4) is 0 Å². The number of ether oxygens (including phenoxy) is 1. The number of amides is 1. The van der Waals surface area contributed by atoms with Crippen LogP contribution in [0.1, 0.15) is 33.6 Å². The molecular weight excluding hydrogens is 220 g/mol. The predicted octanol–water partition coefficient (Wildman–Crippen LogP) is 0.966. The number of carbonyl (C=O) groups excluding carboxylic acids is 1. The molecule has 2 atom stereocenters. The van der Waals surface area contributed by atoms with Gasteiger partial charge in [-0.05, 0) is 40.7 Å². The monoisotopic (exact) mass is 244 g/mol. The number of piperidine rings is 1. The highest BCUT2D eigenvalue weighted by Gasteiger charge is 2.33. The molecule has 1 rings (SSSR count). The summed E-state index contributed by atoms with van der Waals surface area (Å²) in [4.78, 5) is 13.6. The lowest BCUT2D eigenvalue weighted by Crippen LogP contribution is -2.53. The van der Waals surface area contributed by atoms with Crippen LogP contribution in [0.3, 0.4) is 0 Å². The maximum atomic E-state index is 12.0. The first-order valence-electron chi connectivity index (χ1n) is 6.16. The van der Waals surface area contributed by atoms with E-state index in [1.165, 1.54) is 0 Å². The second-order valence-corrected chi connectivity index (χ2v) is 5.58. The molecule has 0 spiro atoms. The van der Waals surface area contributed by atoms with Gasteiger partial charge in [0.15, 0.2) is 0 Å². The van der Waals surface area contributed by atoms with E-state index in [-0.39, 0.29) is 12.1 Å². The zero-order chi connectivity index (χ0) is 13.1. The van der Waals surface area contributed by atoms with Crippen molar-refractivity contribution >= 4 is 6.09 Å². The van der Waals surface area contributed by atoms with Crippen LogP contribution in [0.25, 0.3) is 0 Å². The number of nitrogens with one attached hydrogen (secondary N) is 1. The van der Waals surface area contributed by atoms with E-state index in [1.54, 1.807) is 4.90 Å². The van der Waals surface area contributed by atoms with Gasteiger partial charge in [0.1, 0.15) is 5.60 Å². The molecule has 5 heteroatoms. The number of aliphatic hydroxyl groups is 1. The highest BCUT2D eigenvalue weighted by atomic mass is 16.6. The smallest absolute Gasteiger partial charge is 0.410 e. The van der Waals surface area contributed by atoms with Crippen LogP contribution in [0.15, 0.2) is 0 Å². The molecule has 0 radical (unpaired) electrons. The minimum Gasteiger partial charge on any atom is -0.444 e. The van der Waals surface area contributed by atoms with Crippen LogP contribution in [-0.4, -0.2) is 54.0 Å². The summed E-state index contributed by atoms with van der Waals surface area (Å²) in [5, 5.41) is 12.7. The van der Waals surface area contributed by atoms with E-state index in [0.29, 0.717) is 6.54 Å². The molecule has 100 valence electrons. The lowest BCUT2D eigenvalue weighted by atomic mass is 10.0. The van der Waals surface area contributed by atoms with Gasteiger partial charge in [-0.25, -0.2) is 4.79 Å². The summed E-state index contributed by atoms with van der Waals surface area (Å²) < 4.78 is 5.35. The number of hydrogen-bond donors (Lipinski definition) is 2. The van der Waals surface area contributed by atoms with E-state index < -0.39 is 11.7 Å². The van der Waals surface area contributed by atoms with Gasteiger partial charge in [0.2, 0.25) is 0 Å². The molecule has 5 nitrogen and oxygen atoms in total. The van der Waals surface area contributed by atoms with E-state index in [0.717, 1.165) is 19.4 Å². The summed E-state index contributed by atoms with van der Waals surface area (Å²) in [5.41, 5.74) is -0.496. The Morgan fingerprint density at radius 1 is 1.47 bits per heavy atom. The highest BCUT2D eigenvalue weighted by molar-refractivity contribution is 5.68. The van der Waals surface area contributed by atoms with Gasteiger partial charge in [0.05, 0.1) is 12.6 Å². The van der Waals surface area contributed by atoms with Crippen LogP contribution in [0.5, 0.6) is 0 Å². The third-order valence-corrected chi connectivity index (χ3v) is 2.75. The van der Waals surface area contributed by atoms with Gasteiger partial charge < -0.3 is 20.1 Å². The standard InChI is InChI=1S/C12H24N2O3/c1-12(2,3)17-11(16)14-8-10(15)6-5-9(14)7-13-4/h9-10,13,15H,5-8H2,1-4H3. The average molecular weight is 244 g/mol. The van der Waals surface area contributed by atoms with E-state index >= 15 is 0 Å². The fourth-order valence-electron chi connectivity index (χ4n) is 2.00. The first-order valence-corrected chi connectivity index (χ1v) is 6.16. The van der Waals surface area contributed by atoms with Gasteiger partial charge in [-0.2, -0.15) is 0 Å². The number of hydrogen-bond acceptors (Lipinski definition) is 4. The Labute approximate surface area is 103 Å². The van der Waals surface area contributed by atoms with Crippen LogP contribution >= 0.6 is 0 Å². The van der Waals surface area contributed by atoms with Crippen molar-refractivity contribution in [3.05, 3.63) is 0 Å². The summed E-state index contributed by atoms with van der Waals surface area (Å²) >= 11 is 0. The molecule has 1 fully saturated rings. The van der Waals surface area contributed by atoms with Crippen molar-refractivity contribution in [1.29, 1.82) is 0 Å². The predicted molar refractivity (Wildman–Crippen MR) is 65.9 cm³/mol. The van der Waals surface area contributed by atoms with Gasteiger partial charge in [0, 0.05) is 12.6 Å². The minimum absolute atomic E-state index is 0.109. The Bertz CT molecular complexity index is 263. The fraction of sp³-hybridized carbons (Fsp3) is 0.917. The molecule has 2 N–H and O–H groups in total. The zero-order valence-corrected chi connectivity index (χ0v) is 11.2. The molecule has 0 saturated carbocycles. The van der Waals surface area contributed by atoms with E-state index in [4.69, 9.17) is 4.74 Å². The maximum absolute atomic E-state index is 12.0. The Morgan fingerprint density at radius 3 is 2.65 bits per heavy atom. The van der Waals surface area contributed by atoms with Gasteiger partial charge in [0.25, 0.3) is 0 Å². The first-order chi connectivity index (χ1) is 7.83. The van der Waals surface area contributed by atoms with E-state index in [9.17, 15) is 9.90 Å². The summed E-state index contributed by atoms with van der Waals surface area (Å²) in [5.74, 6) is 0. The van der Waals surface area contributed by atoms with Gasteiger partial charge >= 0.3 is 6.09 Å². The summed E-state index contributed by atoms with van der Waals surface area (Å²) in [6.07, 6.45) is 0.777. The van der Waals surface area contributed by atoms with Crippen molar-refractivity contribution < 1.29 is 14.6 Å². The number of aliphatic hydroxyl groups excluding tert-OH is 1. The van der Waals surface area contributed by atoms with Gasteiger partial charge in [-0.1, -0.05) is 0 Å². The molecular formula is C12H24N2O3. The van der Waals surface area contributed by atoms with Crippen LogP contribution in [0, 0.1) is 0 Å². The first kappa shape index (κ1) is 14.3. The topological polar surface area (TPSA) is 61.8 Å². The maximum Gasteiger partial charge on any atom is 0.410 e. The number of likely N-dealkylation sites (tertiary alicyclic amines) is 1. The van der Waals surface area contributed by atoms with Crippen LogP contribution < -0.4 is 5.32 Å². The SMILES string of the molecule is CNCC1CCC(O)CN1C(=O)OC(C)(C)C. The van der Waals surface area contributed by atoms with Crippen LogP contribution in [-0.2, 0) is 4.74 Å². The van der Waals surface area contributed by atoms with Crippen molar-refractivity contribution in [2.45, 2.75) is 51.4 Å². The van der Waals surface area contributed by atoms with Crippen molar-refractivity contribution in [3.63, 3.8) is 0 Å². The Morgan fingerprint density at radius 2 is 2.12 bits per heavy atom. The normalized spacial score (nSPS) is 25.8. The number of β-amino-alcohol motifs (C(OH)–C–C–N with tert-alkyl or cyclic N) is 1. The molecule has 1 saturated heterocycles. The van der Waals surface area contributed by atoms with Crippen molar-refractivity contribution in [2.24, 2.45) is 0 Å². The molecule has 1 heterocycles. The van der Waals surface area contributed by atoms with Crippen molar-refractivity contribution in [2.75, 3.05) is 20.1 Å². The molecule has 17 heavy (non-hydrogen) atoms. The Hall–Kier alpha value is -0.810. The fourth-order valence-corrected chi connectivity index (χ4v) is 2.00. The average Bonchev–Trinajstić information content (AvgIpc) is 2.18. The molecule has 2 unspecified atom stereocenters. The third kappa shape index (κ3) is 4.52. The number of rotatable bonds is 2. The van der Waals surface area contributed by atoms with Crippen LogP contribution in [0.2, 0.25) is 0 Å². The molecule has 1 aliphatic heterocycles. The minimum atomic E-state index is -0.496. The molecule has 1 aliphatic rings. The van der Waals surface area contributed by atoms with Crippen LogP contribution in [0.4, 0.5) is 4.79 Å². The lowest BCUT2D eigenvalue weighted by Gasteiger charge is -2.38. The zero-order valence-electron chi connectivity index (χ0n) is 11.2. The molecule has 1 amide bonds. The summed E-state index contributed by atoms with van der Waals surface area (Å²) in [6.45, 7) is 6.63. The number of nitrogens with zero attached hydrogens (tertiary/aromatic N) is 1. The number of carbonyl (C=O) groups is 1. The highest BCUT2D eigenvalue weighted by Crippen LogP contribution is 2.20. The molecule has 0 aliphatic carbocycles. The van der Waals surface area contributed by atoms with E-state index in [2.05, 4.69) is 5.32 Å². The van der Waals surface area contributed by atoms with Crippen molar-refractivity contribution in [1.82, 2.24) is 10.2 Å². The van der Waals surface area contributed by atoms with Gasteiger partial charge in [-0.15, -0.1) is 0 Å². The number of likely N-dealkylation sites (N-methyl/N-ethyl adjacent to an activating group) is 1. The molecule has 0 aromatic heterocycles. The van der Waals surface area contributed by atoms with E-state index in [1.807, 2.05) is 27.8 Å². The second kappa shape index (κ2) is 5.69. The molecule has 0 aromatic rings. The molecule has 0 aromatic carbocycles. The quantitative estimate of drug-likeness (QED) is 0.759. The summed E-state index contributed by atoms with van der Waals surface area (Å²) in [7, 11) is 1.86. The Balaban J connectivity index is 2.65. The largest absolute Gasteiger partial charge is 0.444 e. The second-order valence-electron chi connectivity index (χ2n) is 5.58. The molecule has 0 bridgehead atoms. The lowest BCUT2D eigenvalue weighted by molar-refractivity contribution is -0.0123.